The molecule has 10 heteroatoms. The van der Waals surface area contributed by atoms with Crippen LogP contribution in [0.25, 0.3) is 0 Å². The van der Waals surface area contributed by atoms with Crippen molar-refractivity contribution in [2.75, 3.05) is 55.8 Å². The van der Waals surface area contributed by atoms with Crippen LogP contribution in [0.4, 0.5) is 20.7 Å². The summed E-state index contributed by atoms with van der Waals surface area (Å²) in [4.78, 5) is 22.5. The van der Waals surface area contributed by atoms with E-state index in [-0.39, 0.29) is 11.5 Å². The first-order chi connectivity index (χ1) is 15.3. The quantitative estimate of drug-likeness (QED) is 0.400. The van der Waals surface area contributed by atoms with E-state index in [4.69, 9.17) is 16.3 Å². The van der Waals surface area contributed by atoms with Crippen LogP contribution in [0.15, 0.2) is 24.0 Å². The Bertz CT molecular complexity index is 862. The number of pyridine rings is 1. The van der Waals surface area contributed by atoms with E-state index in [1.807, 2.05) is 11.8 Å². The molecule has 2 aliphatic heterocycles. The second kappa shape index (κ2) is 9.11. The van der Waals surface area contributed by atoms with E-state index in [1.54, 1.807) is 19.2 Å². The molecule has 0 bridgehead atoms. The Morgan fingerprint density at radius 2 is 2.06 bits per heavy atom. The van der Waals surface area contributed by atoms with Gasteiger partial charge >= 0.3 is 6.09 Å². The second-order valence-corrected chi connectivity index (χ2v) is 9.23. The highest BCUT2D eigenvalue weighted by molar-refractivity contribution is 5.69. The summed E-state index contributed by atoms with van der Waals surface area (Å²) in [5.74, 6) is 6.14. The van der Waals surface area contributed by atoms with Gasteiger partial charge in [-0.25, -0.2) is 15.6 Å². The van der Waals surface area contributed by atoms with Gasteiger partial charge < -0.3 is 20.3 Å². The number of halogens is 1. The Hall–Kier alpha value is -2.59. The van der Waals surface area contributed by atoms with Crippen LogP contribution in [0.5, 0.6) is 0 Å². The number of nitrogens with two attached hydrogens (primary N) is 2. The molecule has 0 radical (unpaired) electrons. The van der Waals surface area contributed by atoms with E-state index in [0.29, 0.717) is 29.9 Å². The van der Waals surface area contributed by atoms with Crippen molar-refractivity contribution in [3.05, 3.63) is 30.0 Å². The molecule has 4 N–H and O–H groups in total. The molecule has 1 saturated carbocycles. The first-order valence-corrected chi connectivity index (χ1v) is 11.4. The minimum Gasteiger partial charge on any atom is -0.450 e. The van der Waals surface area contributed by atoms with Gasteiger partial charge in [-0.3, -0.25) is 9.91 Å². The van der Waals surface area contributed by atoms with Crippen LogP contribution in [0.3, 0.4) is 0 Å². The number of nitrogens with zero attached hydrogens (tertiary/aromatic N) is 5. The third-order valence-electron chi connectivity index (χ3n) is 6.83. The van der Waals surface area contributed by atoms with Crippen LogP contribution in [-0.2, 0) is 4.74 Å². The summed E-state index contributed by atoms with van der Waals surface area (Å²) < 4.78 is 19.1. The molecule has 3 aliphatic rings. The number of hydrogen-bond acceptors (Lipinski definition) is 8. The predicted molar refractivity (Wildman–Crippen MR) is 121 cm³/mol. The van der Waals surface area contributed by atoms with Crippen molar-refractivity contribution in [1.29, 1.82) is 0 Å². The summed E-state index contributed by atoms with van der Waals surface area (Å²) in [6.07, 6.45) is 4.82. The number of ether oxygens (including phenoxy) is 1. The van der Waals surface area contributed by atoms with Crippen LogP contribution in [-0.4, -0.2) is 72.8 Å². The molecule has 176 valence electrons. The SMILES string of the molecule is CCOC(=O)N1CC2(CC[C@@H](N3CCN(c4nc(F)ccc4N(N)/C=C(/C)N)CC3)C2)C1. The van der Waals surface area contributed by atoms with E-state index in [0.717, 1.165) is 58.5 Å². The fourth-order valence-corrected chi connectivity index (χ4v) is 5.32. The van der Waals surface area contributed by atoms with Gasteiger partial charge in [0.25, 0.3) is 0 Å². The molecule has 1 atom stereocenters. The lowest BCUT2D eigenvalue weighted by molar-refractivity contribution is -0.00294. The maximum Gasteiger partial charge on any atom is 0.409 e. The number of carbonyl (C=O) groups excluding carboxylic acids is 1. The fourth-order valence-electron chi connectivity index (χ4n) is 5.32. The molecule has 1 aromatic heterocycles. The normalized spacial score (nSPS) is 23.4. The van der Waals surface area contributed by atoms with Crippen molar-refractivity contribution in [3.8, 4) is 0 Å². The van der Waals surface area contributed by atoms with Crippen molar-refractivity contribution in [1.82, 2.24) is 14.8 Å². The van der Waals surface area contributed by atoms with Crippen molar-refractivity contribution >= 4 is 17.6 Å². The number of hydrogen-bond donors (Lipinski definition) is 2. The predicted octanol–water partition coefficient (Wildman–Crippen LogP) is 1.85. The summed E-state index contributed by atoms with van der Waals surface area (Å²) in [6.45, 7) is 8.88. The molecule has 2 saturated heterocycles. The molecule has 1 aromatic rings. The number of allylic oxidation sites excluding steroid dienone is 1. The first-order valence-electron chi connectivity index (χ1n) is 11.4. The molecule has 4 rings (SSSR count). The number of rotatable bonds is 5. The smallest absolute Gasteiger partial charge is 0.409 e. The number of amides is 1. The Kier molecular flexibility index (Phi) is 6.43. The van der Waals surface area contributed by atoms with Gasteiger partial charge in [-0.2, -0.15) is 4.39 Å². The van der Waals surface area contributed by atoms with Gasteiger partial charge in [0.2, 0.25) is 5.95 Å². The van der Waals surface area contributed by atoms with Crippen molar-refractivity contribution in [3.63, 3.8) is 0 Å². The van der Waals surface area contributed by atoms with Gasteiger partial charge in [0.1, 0.15) is 0 Å². The van der Waals surface area contributed by atoms with E-state index in [2.05, 4.69) is 14.8 Å². The van der Waals surface area contributed by atoms with E-state index < -0.39 is 5.95 Å². The standard InChI is InChI=1S/C22H34FN7O2/c1-3-32-21(31)29-14-22(15-29)7-6-17(12-22)27-8-10-28(11-9-27)20-18(4-5-19(23)26-20)30(25)13-16(2)24/h4-5,13,17H,3,6-12,14-15,24-25H2,1-2H3/b16-13-/t17-/m1/s1. The van der Waals surface area contributed by atoms with Crippen LogP contribution in [0.1, 0.15) is 33.1 Å². The summed E-state index contributed by atoms with van der Waals surface area (Å²) in [5, 5.41) is 1.40. The molecule has 9 nitrogen and oxygen atoms in total. The topological polar surface area (TPSA) is 104 Å². The molecule has 1 aliphatic carbocycles. The Morgan fingerprint density at radius 1 is 1.34 bits per heavy atom. The zero-order valence-corrected chi connectivity index (χ0v) is 19.0. The van der Waals surface area contributed by atoms with E-state index in [9.17, 15) is 9.18 Å². The molecular weight excluding hydrogens is 413 g/mol. The zero-order valence-electron chi connectivity index (χ0n) is 19.0. The molecule has 0 aromatic carbocycles. The minimum atomic E-state index is -0.526. The molecule has 32 heavy (non-hydrogen) atoms. The lowest BCUT2D eigenvalue weighted by Crippen LogP contribution is -2.58. The monoisotopic (exact) mass is 447 g/mol. The fraction of sp³-hybridized carbons (Fsp3) is 0.636. The average Bonchev–Trinajstić information content (AvgIpc) is 3.18. The Labute approximate surface area is 188 Å². The van der Waals surface area contributed by atoms with E-state index in [1.165, 1.54) is 11.1 Å². The van der Waals surface area contributed by atoms with Crippen LogP contribution in [0.2, 0.25) is 0 Å². The van der Waals surface area contributed by atoms with Crippen LogP contribution < -0.4 is 21.5 Å². The number of likely N-dealkylation sites (tertiary alicyclic amines) is 1. The van der Waals surface area contributed by atoms with Crippen molar-refractivity contribution in [2.24, 2.45) is 17.0 Å². The zero-order chi connectivity index (χ0) is 22.9. The summed E-state index contributed by atoms with van der Waals surface area (Å²) in [7, 11) is 0. The molecule has 1 amide bonds. The lowest BCUT2D eigenvalue weighted by atomic mass is 9.78. The molecule has 1 spiro atoms. The van der Waals surface area contributed by atoms with Gasteiger partial charge in [-0.1, -0.05) is 0 Å². The Morgan fingerprint density at radius 3 is 2.72 bits per heavy atom. The molecule has 3 heterocycles. The number of hydrazine groups is 1. The summed E-state index contributed by atoms with van der Waals surface area (Å²) >= 11 is 0. The maximum absolute atomic E-state index is 13.9. The van der Waals surface area contributed by atoms with Crippen LogP contribution >= 0.6 is 0 Å². The van der Waals surface area contributed by atoms with Gasteiger partial charge in [0, 0.05) is 62.6 Å². The van der Waals surface area contributed by atoms with Gasteiger partial charge in [-0.15, -0.1) is 0 Å². The van der Waals surface area contributed by atoms with E-state index >= 15 is 0 Å². The first kappa shape index (κ1) is 22.6. The largest absolute Gasteiger partial charge is 0.450 e. The molecule has 0 unspecified atom stereocenters. The number of carbonyl (C=O) groups is 1. The summed E-state index contributed by atoms with van der Waals surface area (Å²) in [6, 6.07) is 3.47. The molecular formula is C22H34FN7O2. The van der Waals surface area contributed by atoms with Crippen molar-refractivity contribution < 1.29 is 13.9 Å². The summed E-state index contributed by atoms with van der Waals surface area (Å²) in [5.41, 5.74) is 7.18. The Balaban J connectivity index is 1.34. The number of anilines is 2. The lowest BCUT2D eigenvalue weighted by Gasteiger charge is -2.48. The average molecular weight is 448 g/mol. The third-order valence-corrected chi connectivity index (χ3v) is 6.83. The number of aromatic nitrogens is 1. The van der Waals surface area contributed by atoms with Gasteiger partial charge in [-0.05, 0) is 45.2 Å². The molecule has 3 fully saturated rings. The van der Waals surface area contributed by atoms with Gasteiger partial charge in [0.15, 0.2) is 5.82 Å². The van der Waals surface area contributed by atoms with Crippen LogP contribution in [0, 0.1) is 11.4 Å². The highest BCUT2D eigenvalue weighted by atomic mass is 19.1. The number of piperazine rings is 1. The van der Waals surface area contributed by atoms with Crippen molar-refractivity contribution in [2.45, 2.75) is 39.2 Å². The highest BCUT2D eigenvalue weighted by Gasteiger charge is 2.51. The maximum atomic E-state index is 13.9. The van der Waals surface area contributed by atoms with Gasteiger partial charge in [0.05, 0.1) is 12.3 Å². The second-order valence-electron chi connectivity index (χ2n) is 9.23. The highest BCUT2D eigenvalue weighted by Crippen LogP contribution is 2.47. The minimum absolute atomic E-state index is 0.192. The third kappa shape index (κ3) is 4.61.